The fraction of sp³-hybridized carbons (Fsp3) is 0.667. The minimum atomic E-state index is -3.92. The number of hydrogen-bond donors (Lipinski definition) is 3. The molecular formula is C39H55N5O10S. The highest BCUT2D eigenvalue weighted by molar-refractivity contribution is 7.91. The van der Waals surface area contributed by atoms with Gasteiger partial charge >= 0.3 is 12.2 Å². The van der Waals surface area contributed by atoms with Crippen LogP contribution in [0.2, 0.25) is 0 Å². The molecule has 6 rings (SSSR count). The lowest BCUT2D eigenvalue weighted by Gasteiger charge is -2.35. The van der Waals surface area contributed by atoms with Crippen molar-refractivity contribution in [3.63, 3.8) is 0 Å². The highest BCUT2D eigenvalue weighted by Crippen LogP contribution is 2.45. The molecule has 1 aromatic rings. The van der Waals surface area contributed by atoms with E-state index in [9.17, 15) is 32.4 Å². The molecule has 302 valence electrons. The van der Waals surface area contributed by atoms with E-state index in [2.05, 4.69) is 21.9 Å². The SMILES string of the molecule is C=C[C@H]1C[C@@]1(NC(=O)C1C[C@@H]2CN1C(=O)[C@H](C(C)(C)C)NC(=O)OCC(C)(C)CCCCCOc1ccc3c(c1)CN(C3)C(=O)O2)C(=O)NS(=O)(=O)C1CC1. The minimum absolute atomic E-state index is 0.103. The highest BCUT2D eigenvalue weighted by Gasteiger charge is 2.62. The molecule has 5 atom stereocenters. The predicted octanol–water partition coefficient (Wildman–Crippen LogP) is 3.90. The molecule has 0 aromatic heterocycles. The molecule has 5 amide bonds. The second kappa shape index (κ2) is 15.3. The Balaban J connectivity index is 1.26. The van der Waals surface area contributed by atoms with Crippen LogP contribution < -0.4 is 20.1 Å². The van der Waals surface area contributed by atoms with Crippen LogP contribution >= 0.6 is 0 Å². The quantitative estimate of drug-likeness (QED) is 0.357. The van der Waals surface area contributed by atoms with E-state index < -0.39 is 80.2 Å². The molecule has 3 aliphatic heterocycles. The molecule has 1 unspecified atom stereocenters. The smallest absolute Gasteiger partial charge is 0.410 e. The number of alkyl carbamates (subject to hydrolysis) is 1. The van der Waals surface area contributed by atoms with Crippen LogP contribution in [0.4, 0.5) is 9.59 Å². The summed E-state index contributed by atoms with van der Waals surface area (Å²) in [6, 6.07) is 3.37. The second-order valence-electron chi connectivity index (χ2n) is 17.6. The molecule has 1 saturated heterocycles. The van der Waals surface area contributed by atoms with Gasteiger partial charge in [0.15, 0.2) is 0 Å². The minimum Gasteiger partial charge on any atom is -0.494 e. The number of rotatable bonds is 6. The van der Waals surface area contributed by atoms with Crippen LogP contribution in [-0.4, -0.2) is 96.9 Å². The maximum absolute atomic E-state index is 14.5. The Hall–Kier alpha value is -4.34. The number of amides is 5. The van der Waals surface area contributed by atoms with E-state index in [0.717, 1.165) is 36.8 Å². The Kier molecular flexibility index (Phi) is 11.2. The van der Waals surface area contributed by atoms with Gasteiger partial charge in [0.05, 0.1) is 25.0 Å². The zero-order valence-electron chi connectivity index (χ0n) is 32.5. The lowest BCUT2D eigenvalue weighted by molar-refractivity contribution is -0.143. The van der Waals surface area contributed by atoms with Gasteiger partial charge in [0.2, 0.25) is 21.8 Å². The number of carbonyl (C=O) groups is 5. The van der Waals surface area contributed by atoms with Crippen molar-refractivity contribution >= 4 is 39.9 Å². The number of nitrogens with zero attached hydrogens (tertiary/aromatic N) is 2. The third-order valence-electron chi connectivity index (χ3n) is 11.3. The van der Waals surface area contributed by atoms with Crippen LogP contribution in [0.15, 0.2) is 30.9 Å². The molecule has 5 aliphatic rings. The highest BCUT2D eigenvalue weighted by atomic mass is 32.2. The van der Waals surface area contributed by atoms with Crippen LogP contribution in [0, 0.1) is 16.7 Å². The lowest BCUT2D eigenvalue weighted by Crippen LogP contribution is -2.60. The van der Waals surface area contributed by atoms with Gasteiger partial charge in [0.1, 0.15) is 29.5 Å². The summed E-state index contributed by atoms with van der Waals surface area (Å²) in [5.74, 6) is -2.04. The molecule has 3 heterocycles. The van der Waals surface area contributed by atoms with Crippen molar-refractivity contribution in [2.75, 3.05) is 19.8 Å². The van der Waals surface area contributed by atoms with Gasteiger partial charge in [-0.2, -0.15) is 0 Å². The first-order valence-electron chi connectivity index (χ1n) is 19.3. The van der Waals surface area contributed by atoms with Gasteiger partial charge in [-0.25, -0.2) is 18.0 Å². The molecular weight excluding hydrogens is 731 g/mol. The number of sulfonamides is 1. The molecule has 1 aromatic carbocycles. The van der Waals surface area contributed by atoms with Gasteiger partial charge in [-0.15, -0.1) is 6.58 Å². The summed E-state index contributed by atoms with van der Waals surface area (Å²) >= 11 is 0. The van der Waals surface area contributed by atoms with E-state index >= 15 is 0 Å². The Morgan fingerprint density at radius 1 is 1.04 bits per heavy atom. The van der Waals surface area contributed by atoms with E-state index in [0.29, 0.717) is 38.3 Å². The summed E-state index contributed by atoms with van der Waals surface area (Å²) in [6.45, 7) is 14.2. The van der Waals surface area contributed by atoms with Gasteiger partial charge in [-0.05, 0) is 66.2 Å². The van der Waals surface area contributed by atoms with Crippen molar-refractivity contribution < 1.29 is 46.6 Å². The fourth-order valence-corrected chi connectivity index (χ4v) is 8.94. The van der Waals surface area contributed by atoms with Crippen LogP contribution in [0.5, 0.6) is 5.75 Å². The first kappa shape index (κ1) is 40.3. The average Bonchev–Trinajstić information content (AvgIpc) is 4.01. The number of ether oxygens (including phenoxy) is 3. The monoisotopic (exact) mass is 785 g/mol. The van der Waals surface area contributed by atoms with Gasteiger partial charge in [0.25, 0.3) is 5.91 Å². The van der Waals surface area contributed by atoms with Crippen LogP contribution in [0.25, 0.3) is 0 Å². The first-order valence-corrected chi connectivity index (χ1v) is 20.8. The molecule has 2 saturated carbocycles. The molecule has 0 radical (unpaired) electrons. The van der Waals surface area contributed by atoms with Crippen molar-refractivity contribution in [1.82, 2.24) is 25.2 Å². The second-order valence-corrected chi connectivity index (χ2v) is 19.5. The number of carbonyl (C=O) groups excluding carboxylic acids is 5. The number of benzene rings is 1. The molecule has 3 N–H and O–H groups in total. The Bertz CT molecular complexity index is 1820. The third kappa shape index (κ3) is 9.21. The number of hydrogen-bond acceptors (Lipinski definition) is 10. The topological polar surface area (TPSA) is 190 Å². The van der Waals surface area contributed by atoms with E-state index in [1.54, 1.807) is 25.7 Å². The molecule has 55 heavy (non-hydrogen) atoms. The predicted molar refractivity (Wildman–Crippen MR) is 201 cm³/mol. The summed E-state index contributed by atoms with van der Waals surface area (Å²) in [4.78, 5) is 71.9. The van der Waals surface area contributed by atoms with Gasteiger partial charge in [-0.1, -0.05) is 59.6 Å². The van der Waals surface area contributed by atoms with E-state index in [1.165, 1.54) is 11.0 Å². The summed E-state index contributed by atoms with van der Waals surface area (Å²) in [6.07, 6.45) is 3.53. The number of fused-ring (bicyclic) bond motifs is 4. The van der Waals surface area contributed by atoms with Crippen LogP contribution in [0.1, 0.15) is 97.1 Å². The van der Waals surface area contributed by atoms with Crippen molar-refractivity contribution in [2.24, 2.45) is 16.7 Å². The summed E-state index contributed by atoms with van der Waals surface area (Å²) < 4.78 is 45.2. The summed E-state index contributed by atoms with van der Waals surface area (Å²) in [7, 11) is -3.92. The number of nitrogens with one attached hydrogen (secondary N) is 3. The zero-order valence-corrected chi connectivity index (χ0v) is 33.3. The summed E-state index contributed by atoms with van der Waals surface area (Å²) in [5, 5.41) is 4.83. The maximum Gasteiger partial charge on any atom is 0.410 e. The molecule has 15 nitrogen and oxygen atoms in total. The zero-order chi connectivity index (χ0) is 39.9. The van der Waals surface area contributed by atoms with Gasteiger partial charge < -0.3 is 29.7 Å². The third-order valence-corrected chi connectivity index (χ3v) is 13.1. The number of cyclic esters (lactones) is 1. The molecule has 2 aliphatic carbocycles. The molecule has 3 fully saturated rings. The lowest BCUT2D eigenvalue weighted by atomic mass is 9.85. The van der Waals surface area contributed by atoms with Crippen molar-refractivity contribution in [3.8, 4) is 5.75 Å². The molecule has 5 bridgehead atoms. The fourth-order valence-electron chi connectivity index (χ4n) is 7.58. The van der Waals surface area contributed by atoms with E-state index in [-0.39, 0.29) is 31.4 Å². The van der Waals surface area contributed by atoms with Gasteiger partial charge in [0, 0.05) is 25.4 Å². The molecule has 16 heteroatoms. The average molecular weight is 786 g/mol. The van der Waals surface area contributed by atoms with Crippen molar-refractivity contribution in [3.05, 3.63) is 42.0 Å². The largest absolute Gasteiger partial charge is 0.494 e. The van der Waals surface area contributed by atoms with Gasteiger partial charge in [-0.3, -0.25) is 24.0 Å². The normalized spacial score (nSPS) is 29.0. The maximum atomic E-state index is 14.5. The Labute approximate surface area is 323 Å². The Morgan fingerprint density at radius 2 is 1.76 bits per heavy atom. The standard InChI is InChI=1S/C39H55N5O10S/c1-7-26-19-39(26,34(47)42-55(50,51)29-13-14-29)41-32(45)30-18-28-22-44(30)33(46)31(37(2,3)4)40-35(48)53-23-38(5,6)15-9-8-10-16-52-27-12-11-24-20-43(36(49)54-28)21-25(24)17-27/h7,11-12,17,26,28-31H,1,8-10,13-16,18-23H2,2-6H3,(H,40,48)(H,41,45)(H,42,47)/t26-,28+,30?,31+,39-/m0/s1. The first-order chi connectivity index (χ1) is 25.8. The van der Waals surface area contributed by atoms with Crippen LogP contribution in [-0.2, 0) is 47.0 Å². The van der Waals surface area contributed by atoms with E-state index in [1.807, 2.05) is 32.0 Å². The van der Waals surface area contributed by atoms with Crippen molar-refractivity contribution in [2.45, 2.75) is 128 Å². The molecule has 0 spiro atoms. The van der Waals surface area contributed by atoms with Crippen LogP contribution in [0.3, 0.4) is 0 Å². The van der Waals surface area contributed by atoms with Crippen molar-refractivity contribution in [1.29, 1.82) is 0 Å². The summed E-state index contributed by atoms with van der Waals surface area (Å²) in [5.41, 5.74) is -0.874. The Morgan fingerprint density at radius 3 is 2.44 bits per heavy atom. The van der Waals surface area contributed by atoms with E-state index in [4.69, 9.17) is 14.2 Å².